The molecule has 3 heteroatoms. The Morgan fingerprint density at radius 3 is 2.55 bits per heavy atom. The van der Waals surface area contributed by atoms with Gasteiger partial charge in [0.05, 0.1) is 12.2 Å². The van der Waals surface area contributed by atoms with Crippen LogP contribution >= 0.6 is 0 Å². The predicted molar refractivity (Wildman–Crippen MR) is 84.1 cm³/mol. The molecular weight excluding hydrogens is 276 g/mol. The summed E-state index contributed by atoms with van der Waals surface area (Å²) in [5.41, 5.74) is 0.0929. The van der Waals surface area contributed by atoms with Gasteiger partial charge in [0, 0.05) is 11.8 Å². The lowest BCUT2D eigenvalue weighted by Gasteiger charge is -2.61. The second kappa shape index (κ2) is 4.80. The van der Waals surface area contributed by atoms with Crippen molar-refractivity contribution in [1.29, 1.82) is 0 Å². The number of hydrogen-bond acceptors (Lipinski definition) is 3. The Morgan fingerprint density at radius 1 is 1.00 bits per heavy atom. The molecule has 4 rings (SSSR count). The Kier molecular flexibility index (Phi) is 3.30. The van der Waals surface area contributed by atoms with E-state index in [4.69, 9.17) is 0 Å². The van der Waals surface area contributed by atoms with Crippen molar-refractivity contribution in [3.8, 4) is 0 Å². The van der Waals surface area contributed by atoms with Gasteiger partial charge in [0.15, 0.2) is 0 Å². The second-order valence-corrected chi connectivity index (χ2v) is 9.14. The van der Waals surface area contributed by atoms with Gasteiger partial charge in [-0.05, 0) is 74.0 Å². The van der Waals surface area contributed by atoms with E-state index in [9.17, 15) is 15.0 Å². The number of carbonyl (C=O) groups is 1. The van der Waals surface area contributed by atoms with E-state index in [1.807, 2.05) is 0 Å². The maximum atomic E-state index is 12.4. The largest absolute Gasteiger partial charge is 0.393 e. The molecule has 3 nitrogen and oxygen atoms in total. The maximum absolute atomic E-state index is 12.4. The summed E-state index contributed by atoms with van der Waals surface area (Å²) in [6, 6.07) is 0. The Morgan fingerprint density at radius 2 is 1.77 bits per heavy atom. The monoisotopic (exact) mass is 306 g/mol. The summed E-state index contributed by atoms with van der Waals surface area (Å²) in [6.45, 7) is 4.57. The minimum atomic E-state index is -0.274. The number of ketones is 1. The highest BCUT2D eigenvalue weighted by molar-refractivity contribution is 5.87. The van der Waals surface area contributed by atoms with Gasteiger partial charge in [-0.15, -0.1) is 0 Å². The second-order valence-electron chi connectivity index (χ2n) is 9.14. The first kappa shape index (κ1) is 15.1. The number of aliphatic hydroxyl groups excluding tert-OH is 2. The lowest BCUT2D eigenvalue weighted by atomic mass is 9.44. The molecule has 7 unspecified atom stereocenters. The van der Waals surface area contributed by atoms with E-state index in [0.717, 1.165) is 51.4 Å². The van der Waals surface area contributed by atoms with Crippen molar-refractivity contribution in [2.45, 2.75) is 77.4 Å². The lowest BCUT2D eigenvalue weighted by Crippen LogP contribution is -2.58. The summed E-state index contributed by atoms with van der Waals surface area (Å²) in [4.78, 5) is 12.4. The first-order chi connectivity index (χ1) is 10.4. The standard InChI is InChI=1S/C19H30O3/c1-18-7-5-12(20)9-11(18)10-15(21)17-13-3-4-16(22)19(13,2)8-6-14(17)18/h11-15,17,20-21H,3-10H2,1-2H3/t11-,12?,13?,14?,15?,17?,18?,19?/m1/s1. The van der Waals surface area contributed by atoms with Crippen LogP contribution in [0.5, 0.6) is 0 Å². The summed E-state index contributed by atoms with van der Waals surface area (Å²) < 4.78 is 0. The zero-order valence-corrected chi connectivity index (χ0v) is 13.9. The molecule has 2 N–H and O–H groups in total. The van der Waals surface area contributed by atoms with E-state index in [1.165, 1.54) is 0 Å². The molecule has 0 heterocycles. The van der Waals surface area contributed by atoms with Gasteiger partial charge in [0.1, 0.15) is 5.78 Å². The number of rotatable bonds is 0. The first-order valence-electron chi connectivity index (χ1n) is 9.25. The van der Waals surface area contributed by atoms with Crippen molar-refractivity contribution in [3.63, 3.8) is 0 Å². The molecule has 4 aliphatic rings. The predicted octanol–water partition coefficient (Wildman–Crippen LogP) is 2.93. The molecule has 0 amide bonds. The van der Waals surface area contributed by atoms with Gasteiger partial charge < -0.3 is 10.2 Å². The lowest BCUT2D eigenvalue weighted by molar-refractivity contribution is -0.171. The fourth-order valence-corrected chi connectivity index (χ4v) is 6.97. The summed E-state index contributed by atoms with van der Waals surface area (Å²) in [5, 5.41) is 20.9. The SMILES string of the molecule is CC12CCC3C(C(O)C[C@H]4CC(O)CCC34C)C1CCC2=O. The van der Waals surface area contributed by atoms with Crippen LogP contribution in [0.25, 0.3) is 0 Å². The molecule has 0 aromatic carbocycles. The van der Waals surface area contributed by atoms with E-state index in [1.54, 1.807) is 0 Å². The summed E-state index contributed by atoms with van der Waals surface area (Å²) >= 11 is 0. The summed E-state index contributed by atoms with van der Waals surface area (Å²) in [5.74, 6) is 2.13. The minimum Gasteiger partial charge on any atom is -0.393 e. The molecule has 0 bridgehead atoms. The highest BCUT2D eigenvalue weighted by atomic mass is 16.3. The van der Waals surface area contributed by atoms with Crippen LogP contribution in [0.2, 0.25) is 0 Å². The van der Waals surface area contributed by atoms with Crippen LogP contribution in [0.1, 0.15) is 65.2 Å². The van der Waals surface area contributed by atoms with Gasteiger partial charge in [-0.3, -0.25) is 4.79 Å². The van der Waals surface area contributed by atoms with Crippen LogP contribution < -0.4 is 0 Å². The third kappa shape index (κ3) is 1.84. The third-order valence-electron chi connectivity index (χ3n) is 8.36. The van der Waals surface area contributed by atoms with Crippen LogP contribution in [-0.4, -0.2) is 28.2 Å². The Hall–Kier alpha value is -0.410. The molecule has 0 radical (unpaired) electrons. The normalized spacial score (nSPS) is 57.9. The van der Waals surface area contributed by atoms with Crippen molar-refractivity contribution in [2.24, 2.45) is 34.5 Å². The molecule has 0 aromatic heterocycles. The summed E-state index contributed by atoms with van der Waals surface area (Å²) in [7, 11) is 0. The smallest absolute Gasteiger partial charge is 0.139 e. The number of hydrogen-bond donors (Lipinski definition) is 2. The number of fused-ring (bicyclic) bond motifs is 5. The Bertz CT molecular complexity index is 489. The van der Waals surface area contributed by atoms with Crippen LogP contribution in [0.15, 0.2) is 0 Å². The van der Waals surface area contributed by atoms with Crippen molar-refractivity contribution in [2.75, 3.05) is 0 Å². The molecule has 0 saturated heterocycles. The van der Waals surface area contributed by atoms with Gasteiger partial charge in [0.2, 0.25) is 0 Å². The van der Waals surface area contributed by atoms with Crippen molar-refractivity contribution in [3.05, 3.63) is 0 Å². The van der Waals surface area contributed by atoms with Gasteiger partial charge in [-0.25, -0.2) is 0 Å². The zero-order valence-electron chi connectivity index (χ0n) is 13.9. The van der Waals surface area contributed by atoms with E-state index < -0.39 is 0 Å². The summed E-state index contributed by atoms with van der Waals surface area (Å²) in [6.07, 6.45) is 7.03. The van der Waals surface area contributed by atoms with E-state index >= 15 is 0 Å². The van der Waals surface area contributed by atoms with Gasteiger partial charge >= 0.3 is 0 Å². The number of aliphatic hydroxyl groups is 2. The highest BCUT2D eigenvalue weighted by Gasteiger charge is 2.62. The molecule has 0 aliphatic heterocycles. The molecule has 4 aliphatic carbocycles. The molecular formula is C19H30O3. The maximum Gasteiger partial charge on any atom is 0.139 e. The van der Waals surface area contributed by atoms with Crippen molar-refractivity contribution in [1.82, 2.24) is 0 Å². The molecule has 22 heavy (non-hydrogen) atoms. The van der Waals surface area contributed by atoms with Crippen LogP contribution in [0.3, 0.4) is 0 Å². The Balaban J connectivity index is 1.69. The van der Waals surface area contributed by atoms with Gasteiger partial charge in [0.25, 0.3) is 0 Å². The van der Waals surface area contributed by atoms with Crippen molar-refractivity contribution >= 4 is 5.78 Å². The molecule has 0 aromatic rings. The molecule has 4 fully saturated rings. The number of carbonyl (C=O) groups excluding carboxylic acids is 1. The Labute approximate surface area is 133 Å². The molecule has 0 spiro atoms. The zero-order chi connectivity index (χ0) is 15.7. The van der Waals surface area contributed by atoms with E-state index in [0.29, 0.717) is 29.5 Å². The third-order valence-corrected chi connectivity index (χ3v) is 8.36. The molecule has 4 saturated carbocycles. The topological polar surface area (TPSA) is 57.5 Å². The fourth-order valence-electron chi connectivity index (χ4n) is 6.97. The quantitative estimate of drug-likeness (QED) is 0.723. The average molecular weight is 306 g/mol. The van der Waals surface area contributed by atoms with Gasteiger partial charge in [-0.2, -0.15) is 0 Å². The van der Waals surface area contributed by atoms with E-state index in [-0.39, 0.29) is 23.0 Å². The van der Waals surface area contributed by atoms with Crippen molar-refractivity contribution < 1.29 is 15.0 Å². The van der Waals surface area contributed by atoms with Crippen LogP contribution in [0.4, 0.5) is 0 Å². The van der Waals surface area contributed by atoms with Crippen LogP contribution in [-0.2, 0) is 4.79 Å². The average Bonchev–Trinajstić information content (AvgIpc) is 2.77. The molecule has 8 atom stereocenters. The minimum absolute atomic E-state index is 0.167. The molecule has 124 valence electrons. The first-order valence-corrected chi connectivity index (χ1v) is 9.25. The fraction of sp³-hybridized carbons (Fsp3) is 0.947. The van der Waals surface area contributed by atoms with E-state index in [2.05, 4.69) is 13.8 Å². The highest BCUT2D eigenvalue weighted by Crippen LogP contribution is 2.65. The van der Waals surface area contributed by atoms with Gasteiger partial charge in [-0.1, -0.05) is 13.8 Å². The number of Topliss-reactive ketones (excluding diaryl/α,β-unsaturated/α-hetero) is 1. The van der Waals surface area contributed by atoms with Crippen LogP contribution in [0, 0.1) is 34.5 Å².